The summed E-state index contributed by atoms with van der Waals surface area (Å²) in [4.78, 5) is 23.7. The maximum absolute atomic E-state index is 13.4. The van der Waals surface area contributed by atoms with Crippen LogP contribution in [0.5, 0.6) is 5.75 Å². The highest BCUT2D eigenvalue weighted by Gasteiger charge is 2.27. The van der Waals surface area contributed by atoms with Crippen LogP contribution in [0, 0.1) is 19.7 Å². The Morgan fingerprint density at radius 1 is 1.14 bits per heavy atom. The highest BCUT2D eigenvalue weighted by molar-refractivity contribution is 7.89. The monoisotopic (exact) mass is 423 g/mol. The Morgan fingerprint density at radius 2 is 1.83 bits per heavy atom. The molecule has 1 atom stereocenters. The SMILES string of the molecule is Cc1ccc(S(=O)(=O)N[C@@H](CCC(N)=O)C(=O)Nc2cc(F)ccc2O)cc1C. The van der Waals surface area contributed by atoms with Crippen LogP contribution in [0.3, 0.4) is 0 Å². The van der Waals surface area contributed by atoms with Crippen LogP contribution in [0.25, 0.3) is 0 Å². The number of benzene rings is 2. The number of amides is 2. The molecule has 0 heterocycles. The molecule has 0 aliphatic carbocycles. The minimum atomic E-state index is -4.10. The molecular formula is C19H22FN3O5S. The summed E-state index contributed by atoms with van der Waals surface area (Å²) in [5.41, 5.74) is 6.52. The number of phenolic OH excluding ortho intramolecular Hbond substituents is 1. The van der Waals surface area contributed by atoms with E-state index in [0.717, 1.165) is 29.3 Å². The van der Waals surface area contributed by atoms with Crippen LogP contribution in [0.15, 0.2) is 41.3 Å². The number of sulfonamides is 1. The van der Waals surface area contributed by atoms with E-state index >= 15 is 0 Å². The van der Waals surface area contributed by atoms with Crippen molar-refractivity contribution in [3.05, 3.63) is 53.3 Å². The molecular weight excluding hydrogens is 401 g/mol. The molecule has 0 fully saturated rings. The Morgan fingerprint density at radius 3 is 2.45 bits per heavy atom. The van der Waals surface area contributed by atoms with Gasteiger partial charge in [0.15, 0.2) is 0 Å². The Hall–Kier alpha value is -2.98. The highest BCUT2D eigenvalue weighted by atomic mass is 32.2. The second kappa shape index (κ2) is 9.01. The smallest absolute Gasteiger partial charge is 0.242 e. The van der Waals surface area contributed by atoms with E-state index in [2.05, 4.69) is 10.0 Å². The molecule has 2 aromatic carbocycles. The van der Waals surface area contributed by atoms with Crippen LogP contribution < -0.4 is 15.8 Å². The van der Waals surface area contributed by atoms with Gasteiger partial charge in [-0.2, -0.15) is 4.72 Å². The molecule has 10 heteroatoms. The van der Waals surface area contributed by atoms with Gasteiger partial charge in [-0.25, -0.2) is 12.8 Å². The van der Waals surface area contributed by atoms with Crippen LogP contribution in [0.2, 0.25) is 0 Å². The zero-order valence-corrected chi connectivity index (χ0v) is 16.7. The summed E-state index contributed by atoms with van der Waals surface area (Å²) in [5, 5.41) is 12.0. The molecule has 2 rings (SSSR count). The summed E-state index contributed by atoms with van der Waals surface area (Å²) < 4.78 is 41.0. The predicted molar refractivity (Wildman–Crippen MR) is 105 cm³/mol. The molecule has 0 aliphatic heterocycles. The number of aromatic hydroxyl groups is 1. The quantitative estimate of drug-likeness (QED) is 0.479. The minimum Gasteiger partial charge on any atom is -0.506 e. The first-order valence-corrected chi connectivity index (χ1v) is 10.1. The number of phenols is 1. The van der Waals surface area contributed by atoms with Crippen molar-refractivity contribution < 1.29 is 27.5 Å². The van der Waals surface area contributed by atoms with Crippen molar-refractivity contribution in [1.29, 1.82) is 0 Å². The van der Waals surface area contributed by atoms with Gasteiger partial charge < -0.3 is 16.2 Å². The number of anilines is 1. The Bertz CT molecular complexity index is 1040. The molecule has 29 heavy (non-hydrogen) atoms. The number of halogens is 1. The average molecular weight is 423 g/mol. The molecule has 0 radical (unpaired) electrons. The van der Waals surface area contributed by atoms with Gasteiger partial charge in [-0.3, -0.25) is 9.59 Å². The van der Waals surface area contributed by atoms with Crippen molar-refractivity contribution in [3.8, 4) is 5.75 Å². The third-order valence-electron chi connectivity index (χ3n) is 4.30. The molecule has 156 valence electrons. The highest BCUT2D eigenvalue weighted by Crippen LogP contribution is 2.24. The molecule has 2 amide bonds. The topological polar surface area (TPSA) is 139 Å². The van der Waals surface area contributed by atoms with Crippen molar-refractivity contribution in [2.75, 3.05) is 5.32 Å². The third-order valence-corrected chi connectivity index (χ3v) is 5.77. The first-order valence-electron chi connectivity index (χ1n) is 8.67. The molecule has 0 saturated carbocycles. The zero-order valence-electron chi connectivity index (χ0n) is 15.9. The van der Waals surface area contributed by atoms with Crippen LogP contribution in [0.4, 0.5) is 10.1 Å². The molecule has 0 saturated heterocycles. The number of hydrogen-bond acceptors (Lipinski definition) is 5. The second-order valence-electron chi connectivity index (χ2n) is 6.58. The fourth-order valence-corrected chi connectivity index (χ4v) is 3.81. The largest absolute Gasteiger partial charge is 0.506 e. The van der Waals surface area contributed by atoms with Gasteiger partial charge in [-0.15, -0.1) is 0 Å². The first-order chi connectivity index (χ1) is 13.5. The fourth-order valence-electron chi connectivity index (χ4n) is 2.49. The Labute approximate surface area is 168 Å². The molecule has 2 aromatic rings. The molecule has 0 aliphatic rings. The summed E-state index contributed by atoms with van der Waals surface area (Å²) >= 11 is 0. The van der Waals surface area contributed by atoms with E-state index in [-0.39, 0.29) is 23.4 Å². The summed E-state index contributed by atoms with van der Waals surface area (Å²) in [5.74, 6) is -2.70. The van der Waals surface area contributed by atoms with Gasteiger partial charge in [-0.1, -0.05) is 6.07 Å². The number of nitrogens with one attached hydrogen (secondary N) is 2. The molecule has 0 unspecified atom stereocenters. The van der Waals surface area contributed by atoms with Crippen molar-refractivity contribution in [3.63, 3.8) is 0 Å². The van der Waals surface area contributed by atoms with Gasteiger partial charge in [0, 0.05) is 12.5 Å². The van der Waals surface area contributed by atoms with Crippen molar-refractivity contribution in [2.45, 2.75) is 37.6 Å². The van der Waals surface area contributed by atoms with Crippen LogP contribution in [-0.2, 0) is 19.6 Å². The van der Waals surface area contributed by atoms with E-state index in [0.29, 0.717) is 0 Å². The van der Waals surface area contributed by atoms with E-state index in [9.17, 15) is 27.5 Å². The average Bonchev–Trinajstić information content (AvgIpc) is 2.63. The fraction of sp³-hybridized carbons (Fsp3) is 0.263. The van der Waals surface area contributed by atoms with Crippen molar-refractivity contribution in [1.82, 2.24) is 4.72 Å². The van der Waals surface area contributed by atoms with Gasteiger partial charge in [0.25, 0.3) is 0 Å². The van der Waals surface area contributed by atoms with Gasteiger partial charge in [-0.05, 0) is 55.7 Å². The van der Waals surface area contributed by atoms with E-state index < -0.39 is 39.4 Å². The van der Waals surface area contributed by atoms with Crippen LogP contribution in [-0.4, -0.2) is 31.4 Å². The summed E-state index contributed by atoms with van der Waals surface area (Å²) in [6, 6.07) is 6.03. The lowest BCUT2D eigenvalue weighted by Gasteiger charge is -2.19. The number of rotatable bonds is 8. The zero-order chi connectivity index (χ0) is 21.8. The number of primary amides is 1. The van der Waals surface area contributed by atoms with E-state index in [1.165, 1.54) is 12.1 Å². The Balaban J connectivity index is 2.28. The number of aryl methyl sites for hydroxylation is 2. The second-order valence-corrected chi connectivity index (χ2v) is 8.29. The standard InChI is InChI=1S/C19H22FN3O5S/c1-11-3-5-14(9-12(11)2)29(27,28)23-15(6-8-18(21)25)19(26)22-16-10-13(20)4-7-17(16)24/h3-5,7,9-10,15,23-24H,6,8H2,1-2H3,(H2,21,25)(H,22,26)/t15-/m0/s1. The maximum atomic E-state index is 13.4. The minimum absolute atomic E-state index is 0.0499. The van der Waals surface area contributed by atoms with Crippen molar-refractivity contribution >= 4 is 27.5 Å². The van der Waals surface area contributed by atoms with Gasteiger partial charge in [0.2, 0.25) is 21.8 Å². The molecule has 0 bridgehead atoms. The lowest BCUT2D eigenvalue weighted by molar-refractivity contribution is -0.119. The summed E-state index contributed by atoms with van der Waals surface area (Å²) in [6.45, 7) is 3.58. The molecule has 0 aromatic heterocycles. The van der Waals surface area contributed by atoms with Crippen molar-refractivity contribution in [2.24, 2.45) is 5.73 Å². The van der Waals surface area contributed by atoms with Gasteiger partial charge >= 0.3 is 0 Å². The molecule has 5 N–H and O–H groups in total. The van der Waals surface area contributed by atoms with E-state index in [1.807, 2.05) is 6.92 Å². The molecule has 8 nitrogen and oxygen atoms in total. The normalized spacial score (nSPS) is 12.4. The summed E-state index contributed by atoms with van der Waals surface area (Å²) in [7, 11) is -4.10. The predicted octanol–water partition coefficient (Wildman–Crippen LogP) is 1.70. The lowest BCUT2D eigenvalue weighted by Crippen LogP contribution is -2.44. The van der Waals surface area contributed by atoms with Gasteiger partial charge in [0.05, 0.1) is 10.6 Å². The maximum Gasteiger partial charge on any atom is 0.242 e. The molecule has 0 spiro atoms. The lowest BCUT2D eigenvalue weighted by atomic mass is 10.1. The van der Waals surface area contributed by atoms with E-state index in [1.54, 1.807) is 13.0 Å². The van der Waals surface area contributed by atoms with Crippen LogP contribution in [0.1, 0.15) is 24.0 Å². The number of hydrogen-bond donors (Lipinski definition) is 4. The Kier molecular flexibility index (Phi) is 6.93. The third kappa shape index (κ3) is 6.00. The van der Waals surface area contributed by atoms with E-state index in [4.69, 9.17) is 5.73 Å². The number of carbonyl (C=O) groups is 2. The number of nitrogens with two attached hydrogens (primary N) is 1. The van der Waals surface area contributed by atoms with Crippen LogP contribution >= 0.6 is 0 Å². The number of carbonyl (C=O) groups excluding carboxylic acids is 2. The summed E-state index contributed by atoms with van der Waals surface area (Å²) in [6.07, 6.45) is -0.482. The first kappa shape index (κ1) is 22.3. The van der Waals surface area contributed by atoms with Gasteiger partial charge in [0.1, 0.15) is 17.6 Å².